The monoisotopic (exact) mass is 384 g/mol. The van der Waals surface area contributed by atoms with E-state index in [0.717, 1.165) is 19.3 Å². The van der Waals surface area contributed by atoms with Gasteiger partial charge in [-0.3, -0.25) is 9.59 Å². The Morgan fingerprint density at radius 1 is 1.04 bits per heavy atom. The molecule has 0 spiro atoms. The van der Waals surface area contributed by atoms with Gasteiger partial charge in [0.2, 0.25) is 11.8 Å². The predicted molar refractivity (Wildman–Crippen MR) is 109 cm³/mol. The highest BCUT2D eigenvalue weighted by molar-refractivity contribution is 5.99. The van der Waals surface area contributed by atoms with E-state index in [1.54, 1.807) is 7.11 Å². The first-order valence-corrected chi connectivity index (χ1v) is 10.6. The number of carbonyl (C=O) groups is 2. The van der Waals surface area contributed by atoms with E-state index < -0.39 is 6.04 Å². The number of rotatable bonds is 6. The van der Waals surface area contributed by atoms with Crippen molar-refractivity contribution in [2.45, 2.75) is 58.4 Å². The zero-order valence-corrected chi connectivity index (χ0v) is 17.2. The van der Waals surface area contributed by atoms with Crippen molar-refractivity contribution in [3.63, 3.8) is 0 Å². The number of nitrogens with one attached hydrogen (secondary N) is 2. The van der Waals surface area contributed by atoms with Crippen LogP contribution in [0, 0.1) is 29.1 Å². The highest BCUT2D eigenvalue weighted by atomic mass is 16.5. The summed E-state index contributed by atoms with van der Waals surface area (Å²) in [7, 11) is 1.58. The number of hydrogen-bond donors (Lipinski definition) is 2. The second kappa shape index (κ2) is 7.41. The molecule has 4 aliphatic rings. The van der Waals surface area contributed by atoms with Crippen LogP contribution in [0.15, 0.2) is 24.3 Å². The predicted octanol–water partition coefficient (Wildman–Crippen LogP) is 3.99. The molecule has 0 saturated heterocycles. The summed E-state index contributed by atoms with van der Waals surface area (Å²) in [5, 5.41) is 6.08. The largest absolute Gasteiger partial charge is 0.495 e. The van der Waals surface area contributed by atoms with E-state index in [0.29, 0.717) is 29.2 Å². The summed E-state index contributed by atoms with van der Waals surface area (Å²) >= 11 is 0. The molecule has 4 bridgehead atoms. The summed E-state index contributed by atoms with van der Waals surface area (Å²) < 4.78 is 5.33. The Balaban J connectivity index is 1.48. The minimum Gasteiger partial charge on any atom is -0.495 e. The van der Waals surface area contributed by atoms with Crippen LogP contribution in [0.4, 0.5) is 5.69 Å². The first-order valence-electron chi connectivity index (χ1n) is 10.6. The molecule has 4 saturated carbocycles. The van der Waals surface area contributed by atoms with Crippen LogP contribution in [0.25, 0.3) is 0 Å². The Bertz CT molecular complexity index is 723. The lowest BCUT2D eigenvalue weighted by Gasteiger charge is -2.55. The third-order valence-electron chi connectivity index (χ3n) is 7.12. The summed E-state index contributed by atoms with van der Waals surface area (Å²) in [6.07, 6.45) is 6.91. The fraction of sp³-hybridized carbons (Fsp3) is 0.652. The van der Waals surface area contributed by atoms with Gasteiger partial charge in [-0.05, 0) is 74.3 Å². The van der Waals surface area contributed by atoms with E-state index in [2.05, 4.69) is 10.6 Å². The third-order valence-corrected chi connectivity index (χ3v) is 7.12. The fourth-order valence-electron chi connectivity index (χ4n) is 6.18. The molecule has 28 heavy (non-hydrogen) atoms. The fourth-order valence-corrected chi connectivity index (χ4v) is 6.18. The van der Waals surface area contributed by atoms with Gasteiger partial charge in [-0.25, -0.2) is 0 Å². The Hall–Kier alpha value is -2.04. The van der Waals surface area contributed by atoms with Crippen molar-refractivity contribution in [2.75, 3.05) is 12.4 Å². The zero-order valence-electron chi connectivity index (χ0n) is 17.2. The van der Waals surface area contributed by atoms with Gasteiger partial charge >= 0.3 is 0 Å². The number of benzene rings is 1. The maximum atomic E-state index is 13.4. The van der Waals surface area contributed by atoms with Gasteiger partial charge in [0.15, 0.2) is 0 Å². The van der Waals surface area contributed by atoms with Crippen LogP contribution >= 0.6 is 0 Å². The zero-order chi connectivity index (χ0) is 19.9. The summed E-state index contributed by atoms with van der Waals surface area (Å²) in [5.74, 6) is 2.65. The Labute approximate surface area is 167 Å². The average molecular weight is 385 g/mol. The summed E-state index contributed by atoms with van der Waals surface area (Å²) in [6.45, 7) is 3.96. The third kappa shape index (κ3) is 3.51. The smallest absolute Gasteiger partial charge is 0.247 e. The van der Waals surface area contributed by atoms with Crippen molar-refractivity contribution in [1.82, 2.24) is 5.32 Å². The van der Waals surface area contributed by atoms with Crippen molar-refractivity contribution < 1.29 is 14.3 Å². The molecule has 5 nitrogen and oxygen atoms in total. The standard InChI is InChI=1S/C23H32N2O3/c1-14(2)20(21(26)24-18-6-4-5-7-19(18)28-3)25-22(27)23-11-15-8-16(12-23)10-17(9-15)13-23/h4-7,14-17,20H,8-13H2,1-3H3,(H,24,26)(H,25,27). The molecular weight excluding hydrogens is 352 g/mol. The average Bonchev–Trinajstić information content (AvgIpc) is 2.64. The molecule has 5 rings (SSSR count). The first kappa shape index (κ1) is 19.3. The molecule has 0 aliphatic heterocycles. The normalized spacial score (nSPS) is 31.5. The quantitative estimate of drug-likeness (QED) is 0.779. The molecule has 4 fully saturated rings. The highest BCUT2D eigenvalue weighted by Gasteiger charge is 2.55. The first-order chi connectivity index (χ1) is 13.4. The van der Waals surface area contributed by atoms with E-state index in [4.69, 9.17) is 4.74 Å². The van der Waals surface area contributed by atoms with Crippen LogP contribution in [0.3, 0.4) is 0 Å². The van der Waals surface area contributed by atoms with Crippen LogP contribution in [0.2, 0.25) is 0 Å². The molecule has 1 unspecified atom stereocenters. The molecule has 0 aromatic heterocycles. The van der Waals surface area contributed by atoms with Gasteiger partial charge in [0.1, 0.15) is 11.8 Å². The van der Waals surface area contributed by atoms with Crippen molar-refractivity contribution in [1.29, 1.82) is 0 Å². The molecule has 5 heteroatoms. The minimum absolute atomic E-state index is 0.00701. The van der Waals surface area contributed by atoms with Crippen LogP contribution in [-0.2, 0) is 9.59 Å². The molecule has 1 aromatic rings. The molecular formula is C23H32N2O3. The number of hydrogen-bond acceptors (Lipinski definition) is 3. The van der Waals surface area contributed by atoms with Gasteiger partial charge in [-0.2, -0.15) is 0 Å². The number of methoxy groups -OCH3 is 1. The summed E-state index contributed by atoms with van der Waals surface area (Å²) in [6, 6.07) is 6.80. The SMILES string of the molecule is COc1ccccc1NC(=O)C(NC(=O)C12CC3CC(CC(C3)C1)C2)C(C)C. The topological polar surface area (TPSA) is 67.4 Å². The number of para-hydroxylation sites is 2. The number of amides is 2. The lowest BCUT2D eigenvalue weighted by atomic mass is 9.49. The maximum absolute atomic E-state index is 13.4. The summed E-state index contributed by atoms with van der Waals surface area (Å²) in [4.78, 5) is 26.4. The van der Waals surface area contributed by atoms with Gasteiger partial charge in [0.25, 0.3) is 0 Å². The second-order valence-corrected chi connectivity index (χ2v) is 9.58. The van der Waals surface area contributed by atoms with Crippen LogP contribution < -0.4 is 15.4 Å². The van der Waals surface area contributed by atoms with Gasteiger partial charge in [0, 0.05) is 5.41 Å². The Morgan fingerprint density at radius 2 is 1.61 bits per heavy atom. The second-order valence-electron chi connectivity index (χ2n) is 9.58. The molecule has 1 aromatic carbocycles. The number of carbonyl (C=O) groups excluding carboxylic acids is 2. The van der Waals surface area contributed by atoms with E-state index in [-0.39, 0.29) is 23.1 Å². The number of ether oxygens (including phenoxy) is 1. The van der Waals surface area contributed by atoms with Crippen molar-refractivity contribution in [2.24, 2.45) is 29.1 Å². The van der Waals surface area contributed by atoms with Crippen LogP contribution in [0.1, 0.15) is 52.4 Å². The Morgan fingerprint density at radius 3 is 2.14 bits per heavy atom. The van der Waals surface area contributed by atoms with E-state index in [1.165, 1.54) is 19.3 Å². The van der Waals surface area contributed by atoms with E-state index in [1.807, 2.05) is 38.1 Å². The van der Waals surface area contributed by atoms with Gasteiger partial charge in [-0.1, -0.05) is 26.0 Å². The minimum atomic E-state index is -0.551. The summed E-state index contributed by atoms with van der Waals surface area (Å²) in [5.41, 5.74) is 0.386. The highest BCUT2D eigenvalue weighted by Crippen LogP contribution is 2.60. The van der Waals surface area contributed by atoms with Crippen molar-refractivity contribution in [3.05, 3.63) is 24.3 Å². The van der Waals surface area contributed by atoms with E-state index >= 15 is 0 Å². The van der Waals surface area contributed by atoms with Crippen molar-refractivity contribution >= 4 is 17.5 Å². The maximum Gasteiger partial charge on any atom is 0.247 e. The van der Waals surface area contributed by atoms with Crippen molar-refractivity contribution in [3.8, 4) is 5.75 Å². The van der Waals surface area contributed by atoms with E-state index in [9.17, 15) is 9.59 Å². The molecule has 4 aliphatic carbocycles. The van der Waals surface area contributed by atoms with Gasteiger partial charge < -0.3 is 15.4 Å². The molecule has 2 amide bonds. The molecule has 0 radical (unpaired) electrons. The molecule has 0 heterocycles. The molecule has 2 N–H and O–H groups in total. The lowest BCUT2D eigenvalue weighted by molar-refractivity contribution is -0.148. The van der Waals surface area contributed by atoms with Crippen LogP contribution in [0.5, 0.6) is 5.75 Å². The lowest BCUT2D eigenvalue weighted by Crippen LogP contribution is -2.57. The van der Waals surface area contributed by atoms with Gasteiger partial charge in [0.05, 0.1) is 12.8 Å². The van der Waals surface area contributed by atoms with Crippen LogP contribution in [-0.4, -0.2) is 25.0 Å². The van der Waals surface area contributed by atoms with Gasteiger partial charge in [-0.15, -0.1) is 0 Å². The number of anilines is 1. The molecule has 152 valence electrons. The Kier molecular flexibility index (Phi) is 5.11. The molecule has 1 atom stereocenters.